The van der Waals surface area contributed by atoms with E-state index in [1.54, 1.807) is 35.0 Å². The molecule has 58 heavy (non-hydrogen) atoms. The molecule has 4 heterocycles. The number of esters is 2. The first kappa shape index (κ1) is 51.0. The van der Waals surface area contributed by atoms with Crippen molar-refractivity contribution in [3.63, 3.8) is 0 Å². The van der Waals surface area contributed by atoms with E-state index >= 15 is 0 Å². The number of fused-ring (bicyclic) bond motifs is 4. The maximum absolute atomic E-state index is 12.3. The third kappa shape index (κ3) is 13.4. The summed E-state index contributed by atoms with van der Waals surface area (Å²) in [5.74, 6) is -5.59. The van der Waals surface area contributed by atoms with Gasteiger partial charge in [0.05, 0.1) is 38.8 Å². The second-order valence-electron chi connectivity index (χ2n) is 12.2. The van der Waals surface area contributed by atoms with Crippen LogP contribution < -0.4 is 69.3 Å². The van der Waals surface area contributed by atoms with Crippen LogP contribution in [0.2, 0.25) is 0 Å². The molecule has 20 heteroatoms. The smallest absolute Gasteiger partial charge is 0.550 e. The van der Waals surface area contributed by atoms with Crippen molar-refractivity contribution >= 4 is 98.3 Å². The number of ketones is 4. The molecule has 6 rings (SSSR count). The monoisotopic (exact) mass is 888 g/mol. The van der Waals surface area contributed by atoms with Crippen LogP contribution in [0.3, 0.4) is 0 Å². The maximum atomic E-state index is 12.3. The minimum absolute atomic E-state index is 0. The number of carbonyl (C=O) groups is 9. The number of ether oxygens (including phenoxy) is 2. The van der Waals surface area contributed by atoms with Gasteiger partial charge in [-0.3, -0.25) is 33.6 Å². The van der Waals surface area contributed by atoms with Gasteiger partial charge in [0.15, 0.2) is 11.6 Å². The average Bonchev–Trinajstić information content (AvgIpc) is 4.00. The fourth-order valence-electron chi connectivity index (χ4n) is 5.33. The molecule has 0 radical (unpaired) electrons. The zero-order chi connectivity index (χ0) is 41.1. The molecule has 0 aromatic carbocycles. The topological polar surface area (TPSA) is 238 Å². The first-order chi connectivity index (χ1) is 26.7. The van der Waals surface area contributed by atoms with Crippen LogP contribution in [0.15, 0.2) is 35.0 Å². The van der Waals surface area contributed by atoms with Gasteiger partial charge in [-0.05, 0) is 60.2 Å². The number of carboxylic acids is 3. The standard InChI is InChI=1S/2C15H10O6S2.C8H16O2.2Na/c2*16-10(17)1-2-11(18)21-6-7-5-9-12(19)8-3-4-22-14(8)13(20)15(9)23-7;1-3-5-6-7(4-2)8(9)10;;/h2*3-5H,1-2,6H2,(H,16,17);7H,3-6H2,1-2H3,(H,9,10);;/q;;;2*+1/p-2. The summed E-state index contributed by atoms with van der Waals surface area (Å²) in [6.07, 6.45) is 2.33. The van der Waals surface area contributed by atoms with Crippen molar-refractivity contribution in [3.8, 4) is 0 Å². The molecular formula is C38H34Na2O14S4. The quantitative estimate of drug-likeness (QED) is 0.0924. The van der Waals surface area contributed by atoms with Crippen LogP contribution in [0.1, 0.15) is 136 Å². The Hall–Kier alpha value is -3.17. The van der Waals surface area contributed by atoms with Gasteiger partial charge < -0.3 is 34.4 Å². The van der Waals surface area contributed by atoms with Crippen LogP contribution in [0, 0.1) is 5.92 Å². The van der Waals surface area contributed by atoms with Gasteiger partial charge in [-0.15, -0.1) is 45.3 Å². The molecular weight excluding hydrogens is 855 g/mol. The molecule has 2 aliphatic carbocycles. The largest absolute Gasteiger partial charge is 1.00 e. The molecule has 4 aromatic rings. The van der Waals surface area contributed by atoms with Gasteiger partial charge in [0.25, 0.3) is 0 Å². The molecule has 4 aromatic heterocycles. The third-order valence-electron chi connectivity index (χ3n) is 8.26. The molecule has 0 fully saturated rings. The molecule has 0 amide bonds. The van der Waals surface area contributed by atoms with E-state index in [1.807, 2.05) is 6.92 Å². The van der Waals surface area contributed by atoms with E-state index in [0.717, 1.165) is 41.9 Å². The Bertz CT molecular complexity index is 1940. The van der Waals surface area contributed by atoms with Crippen LogP contribution >= 0.6 is 45.3 Å². The van der Waals surface area contributed by atoms with Crippen LogP contribution in [-0.4, -0.2) is 58.1 Å². The third-order valence-corrected chi connectivity index (χ3v) is 12.3. The van der Waals surface area contributed by atoms with E-state index in [0.29, 0.717) is 57.9 Å². The number of unbranched alkanes of at least 4 members (excludes halogenated alkanes) is 1. The fraction of sp³-hybridized carbons (Fsp3) is 0.342. The molecule has 0 saturated carbocycles. The first-order valence-electron chi connectivity index (χ1n) is 17.2. The zero-order valence-electron chi connectivity index (χ0n) is 32.0. The number of carboxylic acid groups (broad SMARTS) is 3. The van der Waals surface area contributed by atoms with Gasteiger partial charge in [-0.25, -0.2) is 0 Å². The summed E-state index contributed by atoms with van der Waals surface area (Å²) in [5, 5.41) is 32.5. The van der Waals surface area contributed by atoms with Gasteiger partial charge in [0, 0.05) is 43.9 Å². The number of hydrogen-bond acceptors (Lipinski definition) is 17. The van der Waals surface area contributed by atoms with Gasteiger partial charge in [-0.2, -0.15) is 0 Å². The van der Waals surface area contributed by atoms with Crippen LogP contribution in [0.25, 0.3) is 0 Å². The van der Waals surface area contributed by atoms with Crippen molar-refractivity contribution in [3.05, 3.63) is 86.5 Å². The molecule has 1 N–H and O–H groups in total. The molecule has 2 aliphatic rings. The van der Waals surface area contributed by atoms with E-state index in [4.69, 9.17) is 14.6 Å². The summed E-state index contributed by atoms with van der Waals surface area (Å²) in [6.45, 7) is 3.76. The summed E-state index contributed by atoms with van der Waals surface area (Å²) in [6, 6.07) is 6.37. The number of thiophene rings is 4. The van der Waals surface area contributed by atoms with Crippen molar-refractivity contribution < 1.29 is 127 Å². The van der Waals surface area contributed by atoms with Crippen molar-refractivity contribution in [2.24, 2.45) is 5.92 Å². The molecule has 1 unspecified atom stereocenters. The number of carbonyl (C=O) groups excluding carboxylic acids is 8. The molecule has 0 bridgehead atoms. The first-order valence-corrected chi connectivity index (χ1v) is 20.6. The van der Waals surface area contributed by atoms with Crippen molar-refractivity contribution in [1.82, 2.24) is 0 Å². The van der Waals surface area contributed by atoms with Crippen LogP contribution in [0.5, 0.6) is 0 Å². The van der Waals surface area contributed by atoms with Gasteiger partial charge in [0.1, 0.15) is 13.2 Å². The Morgan fingerprint density at radius 3 is 1.48 bits per heavy atom. The van der Waals surface area contributed by atoms with Gasteiger partial charge >= 0.3 is 77.0 Å². The minimum Gasteiger partial charge on any atom is -0.550 e. The predicted molar refractivity (Wildman–Crippen MR) is 200 cm³/mol. The van der Waals surface area contributed by atoms with Crippen molar-refractivity contribution in [2.45, 2.75) is 78.4 Å². The van der Waals surface area contributed by atoms with E-state index in [9.17, 15) is 53.4 Å². The van der Waals surface area contributed by atoms with E-state index in [1.165, 1.54) is 22.7 Å². The Balaban J connectivity index is 0.000000318. The summed E-state index contributed by atoms with van der Waals surface area (Å²) < 4.78 is 9.92. The summed E-state index contributed by atoms with van der Waals surface area (Å²) in [4.78, 5) is 106. The molecule has 14 nitrogen and oxygen atoms in total. The second-order valence-corrected chi connectivity index (χ2v) is 16.3. The fourth-order valence-corrected chi connectivity index (χ4v) is 9.15. The number of rotatable bonds is 15. The van der Waals surface area contributed by atoms with Crippen LogP contribution in [-0.2, 0) is 46.7 Å². The Labute approximate surface area is 392 Å². The molecule has 0 aliphatic heterocycles. The zero-order valence-corrected chi connectivity index (χ0v) is 39.3. The van der Waals surface area contributed by atoms with E-state index < -0.39 is 36.3 Å². The molecule has 1 atom stereocenters. The molecule has 0 saturated heterocycles. The molecule has 296 valence electrons. The van der Waals surface area contributed by atoms with Gasteiger partial charge in [-0.1, -0.05) is 26.7 Å². The van der Waals surface area contributed by atoms with E-state index in [-0.39, 0.29) is 121 Å². The van der Waals surface area contributed by atoms with E-state index in [2.05, 4.69) is 6.92 Å². The Morgan fingerprint density at radius 2 is 1.10 bits per heavy atom. The molecule has 0 spiro atoms. The second kappa shape index (κ2) is 24.2. The van der Waals surface area contributed by atoms with Crippen molar-refractivity contribution in [1.29, 1.82) is 0 Å². The summed E-state index contributed by atoms with van der Waals surface area (Å²) >= 11 is 4.69. The summed E-state index contributed by atoms with van der Waals surface area (Å²) in [7, 11) is 0. The Morgan fingerprint density at radius 1 is 0.655 bits per heavy atom. The normalized spacial score (nSPS) is 12.3. The Kier molecular flexibility index (Phi) is 21.2. The number of aliphatic carboxylic acids is 3. The summed E-state index contributed by atoms with van der Waals surface area (Å²) in [5.41, 5.74) is 1.48. The van der Waals surface area contributed by atoms with Gasteiger partial charge in [0.2, 0.25) is 11.6 Å². The van der Waals surface area contributed by atoms with Crippen molar-refractivity contribution in [2.75, 3.05) is 0 Å². The minimum atomic E-state index is -1.32. The maximum Gasteiger partial charge on any atom is 1.00 e. The van der Waals surface area contributed by atoms with Crippen LogP contribution in [0.4, 0.5) is 0 Å². The average molecular weight is 889 g/mol. The predicted octanol–water partition coefficient (Wildman–Crippen LogP) is -1.39. The number of hydrogen-bond donors (Lipinski definition) is 1. The SMILES string of the molecule is CCCCC(CC)C(=O)[O-].O=C(O)CCC(=O)OCc1cc2c(s1)C(=O)c1sccc1C2=O.O=C([O-])CCC(=O)OCc1cc2c(s1)C(=O)c1sccc1C2=O.[Na+].[Na+].